The third kappa shape index (κ3) is 4.09. The number of nitrogens with zero attached hydrogens (tertiary/aromatic N) is 3. The topological polar surface area (TPSA) is 30.7 Å². The molecule has 0 atom stereocenters. The lowest BCUT2D eigenvalue weighted by atomic mass is 10.1. The molecule has 0 saturated carbocycles. The van der Waals surface area contributed by atoms with Gasteiger partial charge in [-0.2, -0.15) is 0 Å². The Balaban J connectivity index is 1.76. The third-order valence-electron chi connectivity index (χ3n) is 4.42. The highest BCUT2D eigenvalue weighted by Gasteiger charge is 2.17. The summed E-state index contributed by atoms with van der Waals surface area (Å²) in [7, 11) is 0. The second-order valence-corrected chi connectivity index (χ2v) is 8.16. The highest BCUT2D eigenvalue weighted by molar-refractivity contribution is 7.98. The second kappa shape index (κ2) is 8.39. The summed E-state index contributed by atoms with van der Waals surface area (Å²) in [6.45, 7) is 2.12. The molecule has 0 unspecified atom stereocenters. The summed E-state index contributed by atoms with van der Waals surface area (Å²) >= 11 is 13.9. The maximum atomic E-state index is 6.20. The minimum atomic E-state index is 0.664. The van der Waals surface area contributed by atoms with Gasteiger partial charge in [0.25, 0.3) is 0 Å². The molecule has 0 N–H and O–H groups in total. The van der Waals surface area contributed by atoms with E-state index in [0.29, 0.717) is 10.0 Å². The summed E-state index contributed by atoms with van der Waals surface area (Å²) < 4.78 is 2.05. The Hall–Kier alpha value is -2.27. The zero-order chi connectivity index (χ0) is 19.5. The van der Waals surface area contributed by atoms with Crippen LogP contribution in [0.4, 0.5) is 0 Å². The monoisotopic (exact) mass is 425 g/mol. The lowest BCUT2D eigenvalue weighted by Gasteiger charge is -2.11. The predicted molar refractivity (Wildman–Crippen MR) is 118 cm³/mol. The minimum absolute atomic E-state index is 0.664. The van der Waals surface area contributed by atoms with Crippen molar-refractivity contribution in [3.8, 4) is 17.1 Å². The van der Waals surface area contributed by atoms with Crippen LogP contribution >= 0.6 is 35.0 Å². The van der Waals surface area contributed by atoms with Crippen molar-refractivity contribution in [2.24, 2.45) is 0 Å². The Bertz CT molecular complexity index is 1110. The van der Waals surface area contributed by atoms with E-state index in [2.05, 4.69) is 41.4 Å². The quantitative estimate of drug-likeness (QED) is 0.327. The minimum Gasteiger partial charge on any atom is -0.270 e. The van der Waals surface area contributed by atoms with Crippen molar-refractivity contribution in [1.82, 2.24) is 14.8 Å². The van der Waals surface area contributed by atoms with Crippen molar-refractivity contribution in [2.45, 2.75) is 17.8 Å². The number of hydrogen-bond acceptors (Lipinski definition) is 3. The zero-order valence-corrected chi connectivity index (χ0v) is 17.5. The summed E-state index contributed by atoms with van der Waals surface area (Å²) in [6, 6.07) is 23.7. The van der Waals surface area contributed by atoms with Crippen LogP contribution < -0.4 is 0 Å². The molecule has 0 fully saturated rings. The number of rotatable bonds is 5. The standard InChI is InChI=1S/C22H17Cl2N3S/c1-15-5-2-3-6-17(15)14-28-22-26-25-21(16-7-4-8-19(24)13-16)27(22)20-11-9-18(23)10-12-20/h2-13H,14H2,1H3. The normalized spacial score (nSPS) is 11.0. The van der Waals surface area contributed by atoms with E-state index < -0.39 is 0 Å². The summed E-state index contributed by atoms with van der Waals surface area (Å²) in [4.78, 5) is 0. The van der Waals surface area contributed by atoms with Crippen LogP contribution in [-0.2, 0) is 5.75 Å². The predicted octanol–water partition coefficient (Wildman–Crippen LogP) is 6.84. The van der Waals surface area contributed by atoms with E-state index in [1.807, 2.05) is 53.1 Å². The van der Waals surface area contributed by atoms with Crippen molar-refractivity contribution in [1.29, 1.82) is 0 Å². The van der Waals surface area contributed by atoms with E-state index in [-0.39, 0.29) is 0 Å². The van der Waals surface area contributed by atoms with Gasteiger partial charge in [0.05, 0.1) is 0 Å². The highest BCUT2D eigenvalue weighted by atomic mass is 35.5. The molecular weight excluding hydrogens is 409 g/mol. The van der Waals surface area contributed by atoms with Crippen molar-refractivity contribution in [3.63, 3.8) is 0 Å². The summed E-state index contributed by atoms with van der Waals surface area (Å²) in [6.07, 6.45) is 0. The first-order valence-electron chi connectivity index (χ1n) is 8.76. The van der Waals surface area contributed by atoms with Gasteiger partial charge in [-0.25, -0.2) is 0 Å². The number of aromatic nitrogens is 3. The molecule has 6 heteroatoms. The molecule has 0 radical (unpaired) electrons. The van der Waals surface area contributed by atoms with Gasteiger partial charge in [0.1, 0.15) is 0 Å². The molecule has 0 saturated heterocycles. The molecule has 1 aromatic heterocycles. The summed E-state index contributed by atoms with van der Waals surface area (Å²) in [5.74, 6) is 1.56. The molecule has 4 rings (SSSR count). The molecule has 4 aromatic rings. The smallest absolute Gasteiger partial charge is 0.196 e. The number of hydrogen-bond donors (Lipinski definition) is 0. The molecule has 0 spiro atoms. The van der Waals surface area contributed by atoms with Crippen LogP contribution in [0.25, 0.3) is 17.1 Å². The van der Waals surface area contributed by atoms with Crippen molar-refractivity contribution in [3.05, 3.63) is 94.0 Å². The molecule has 0 amide bonds. The summed E-state index contributed by atoms with van der Waals surface area (Å²) in [5, 5.41) is 11.1. The molecule has 28 heavy (non-hydrogen) atoms. The summed E-state index contributed by atoms with van der Waals surface area (Å²) in [5.41, 5.74) is 4.42. The van der Waals surface area contributed by atoms with Gasteiger partial charge in [-0.3, -0.25) is 4.57 Å². The van der Waals surface area contributed by atoms with Crippen LogP contribution in [0.15, 0.2) is 78.0 Å². The SMILES string of the molecule is Cc1ccccc1CSc1nnc(-c2cccc(Cl)c2)n1-c1ccc(Cl)cc1. The average Bonchev–Trinajstić information content (AvgIpc) is 3.12. The Morgan fingerprint density at radius 2 is 1.64 bits per heavy atom. The number of aryl methyl sites for hydroxylation is 1. The van der Waals surface area contributed by atoms with E-state index in [9.17, 15) is 0 Å². The Kier molecular flexibility index (Phi) is 5.72. The van der Waals surface area contributed by atoms with Gasteiger partial charge in [0, 0.05) is 27.0 Å². The first-order valence-corrected chi connectivity index (χ1v) is 10.5. The van der Waals surface area contributed by atoms with E-state index in [1.165, 1.54) is 11.1 Å². The van der Waals surface area contributed by atoms with Gasteiger partial charge in [-0.05, 0) is 54.4 Å². The van der Waals surface area contributed by atoms with Gasteiger partial charge >= 0.3 is 0 Å². The first-order chi connectivity index (χ1) is 13.6. The van der Waals surface area contributed by atoms with Crippen LogP contribution in [0.5, 0.6) is 0 Å². The highest BCUT2D eigenvalue weighted by Crippen LogP contribution is 2.31. The molecule has 0 bridgehead atoms. The second-order valence-electron chi connectivity index (χ2n) is 6.34. The molecule has 0 aliphatic heterocycles. The average molecular weight is 426 g/mol. The fourth-order valence-electron chi connectivity index (χ4n) is 2.92. The fraction of sp³-hybridized carbons (Fsp3) is 0.0909. The maximum Gasteiger partial charge on any atom is 0.196 e. The molecule has 3 nitrogen and oxygen atoms in total. The fourth-order valence-corrected chi connectivity index (χ4v) is 4.26. The van der Waals surface area contributed by atoms with E-state index >= 15 is 0 Å². The van der Waals surface area contributed by atoms with Gasteiger partial charge in [0.15, 0.2) is 11.0 Å². The van der Waals surface area contributed by atoms with E-state index in [4.69, 9.17) is 23.2 Å². The Labute approximate surface area is 178 Å². The molecular formula is C22H17Cl2N3S. The Morgan fingerprint density at radius 3 is 2.39 bits per heavy atom. The van der Waals surface area contributed by atoms with Crippen molar-refractivity contribution in [2.75, 3.05) is 0 Å². The van der Waals surface area contributed by atoms with E-state index in [1.54, 1.807) is 11.8 Å². The van der Waals surface area contributed by atoms with Crippen LogP contribution in [0.3, 0.4) is 0 Å². The van der Waals surface area contributed by atoms with Crippen LogP contribution in [0, 0.1) is 6.92 Å². The lowest BCUT2D eigenvalue weighted by molar-refractivity contribution is 0.886. The van der Waals surface area contributed by atoms with Gasteiger partial charge in [-0.1, -0.05) is 71.4 Å². The van der Waals surface area contributed by atoms with Gasteiger partial charge < -0.3 is 0 Å². The zero-order valence-electron chi connectivity index (χ0n) is 15.1. The van der Waals surface area contributed by atoms with Crippen LogP contribution in [0.1, 0.15) is 11.1 Å². The third-order valence-corrected chi connectivity index (χ3v) is 5.88. The molecule has 1 heterocycles. The largest absolute Gasteiger partial charge is 0.270 e. The molecule has 0 aliphatic rings. The van der Waals surface area contributed by atoms with Gasteiger partial charge in [-0.15, -0.1) is 10.2 Å². The van der Waals surface area contributed by atoms with Crippen LogP contribution in [0.2, 0.25) is 10.0 Å². The maximum absolute atomic E-state index is 6.20. The lowest BCUT2D eigenvalue weighted by Crippen LogP contribution is -2.00. The van der Waals surface area contributed by atoms with Crippen LogP contribution in [-0.4, -0.2) is 14.8 Å². The number of thioether (sulfide) groups is 1. The van der Waals surface area contributed by atoms with E-state index in [0.717, 1.165) is 28.0 Å². The number of halogens is 2. The molecule has 0 aliphatic carbocycles. The van der Waals surface area contributed by atoms with Crippen molar-refractivity contribution < 1.29 is 0 Å². The van der Waals surface area contributed by atoms with Crippen molar-refractivity contribution >= 4 is 35.0 Å². The molecule has 3 aromatic carbocycles. The van der Waals surface area contributed by atoms with Gasteiger partial charge in [0.2, 0.25) is 0 Å². The number of benzene rings is 3. The first kappa shape index (κ1) is 19.1. The Morgan fingerprint density at radius 1 is 0.857 bits per heavy atom. The molecule has 140 valence electrons.